The summed E-state index contributed by atoms with van der Waals surface area (Å²) in [5, 5.41) is 19.3. The average Bonchev–Trinajstić information content (AvgIpc) is 3.03. The largest absolute Gasteiger partial charge is 0.478 e. The molecule has 0 aliphatic rings. The summed E-state index contributed by atoms with van der Waals surface area (Å²) in [4.78, 5) is 12.1. The topological polar surface area (TPSA) is 67.5 Å². The SMILES string of the molecule is CCc1ccsc1-c1nnc2ccc(C(=O)O)cn12. The maximum atomic E-state index is 11.0. The summed E-state index contributed by atoms with van der Waals surface area (Å²) in [5.74, 6) is -0.256. The Labute approximate surface area is 113 Å². The van der Waals surface area contributed by atoms with Crippen molar-refractivity contribution in [2.24, 2.45) is 0 Å². The molecule has 3 rings (SSSR count). The zero-order chi connectivity index (χ0) is 13.4. The van der Waals surface area contributed by atoms with E-state index in [4.69, 9.17) is 5.11 Å². The molecule has 6 heteroatoms. The van der Waals surface area contributed by atoms with Gasteiger partial charge >= 0.3 is 5.97 Å². The Balaban J connectivity index is 2.24. The van der Waals surface area contributed by atoms with Gasteiger partial charge in [-0.3, -0.25) is 4.40 Å². The van der Waals surface area contributed by atoms with Crippen molar-refractivity contribution >= 4 is 23.0 Å². The Kier molecular flexibility index (Phi) is 2.79. The normalized spacial score (nSPS) is 11.0. The highest BCUT2D eigenvalue weighted by Crippen LogP contribution is 2.29. The van der Waals surface area contributed by atoms with E-state index in [1.165, 1.54) is 11.6 Å². The Morgan fingerprint density at radius 1 is 1.37 bits per heavy atom. The Morgan fingerprint density at radius 2 is 2.21 bits per heavy atom. The van der Waals surface area contributed by atoms with Gasteiger partial charge in [-0.1, -0.05) is 6.92 Å². The highest BCUT2D eigenvalue weighted by Gasteiger charge is 2.14. The molecular weight excluding hydrogens is 262 g/mol. The fraction of sp³-hybridized carbons (Fsp3) is 0.154. The first-order valence-corrected chi connectivity index (χ1v) is 6.73. The molecule has 3 aromatic heterocycles. The number of pyridine rings is 1. The molecule has 0 spiro atoms. The van der Waals surface area contributed by atoms with Gasteiger partial charge in [-0.2, -0.15) is 0 Å². The second-order valence-electron chi connectivity index (χ2n) is 4.10. The number of aromatic carboxylic acids is 1. The lowest BCUT2D eigenvalue weighted by molar-refractivity contribution is 0.0696. The molecule has 96 valence electrons. The average molecular weight is 273 g/mol. The molecule has 5 nitrogen and oxygen atoms in total. The Hall–Kier alpha value is -2.21. The van der Waals surface area contributed by atoms with Gasteiger partial charge in [0.1, 0.15) is 0 Å². The van der Waals surface area contributed by atoms with Crippen molar-refractivity contribution in [1.29, 1.82) is 0 Å². The number of hydrogen-bond acceptors (Lipinski definition) is 4. The number of aromatic nitrogens is 3. The van der Waals surface area contributed by atoms with E-state index in [-0.39, 0.29) is 5.56 Å². The number of fused-ring (bicyclic) bond motifs is 1. The molecule has 0 radical (unpaired) electrons. The molecular formula is C13H11N3O2S. The number of thiophene rings is 1. The minimum atomic E-state index is -0.955. The lowest BCUT2D eigenvalue weighted by atomic mass is 10.2. The number of carboxylic acids is 1. The predicted molar refractivity (Wildman–Crippen MR) is 72.6 cm³/mol. The molecule has 0 saturated carbocycles. The van der Waals surface area contributed by atoms with Crippen molar-refractivity contribution in [3.8, 4) is 10.7 Å². The van der Waals surface area contributed by atoms with Crippen molar-refractivity contribution in [2.45, 2.75) is 13.3 Å². The fourth-order valence-electron chi connectivity index (χ4n) is 1.98. The molecule has 3 heterocycles. The van der Waals surface area contributed by atoms with Crippen molar-refractivity contribution in [2.75, 3.05) is 0 Å². The number of aryl methyl sites for hydroxylation is 1. The van der Waals surface area contributed by atoms with Gasteiger partial charge in [0, 0.05) is 6.20 Å². The van der Waals surface area contributed by atoms with Gasteiger partial charge in [0.05, 0.1) is 10.4 Å². The number of hydrogen-bond donors (Lipinski definition) is 1. The smallest absolute Gasteiger partial charge is 0.337 e. The highest BCUT2D eigenvalue weighted by atomic mass is 32.1. The van der Waals surface area contributed by atoms with Crippen LogP contribution in [0, 0.1) is 0 Å². The van der Waals surface area contributed by atoms with E-state index in [1.54, 1.807) is 28.0 Å². The standard InChI is InChI=1S/C13H11N3O2S/c1-2-8-5-6-19-11(8)12-15-14-10-4-3-9(13(17)18)7-16(10)12/h3-7H,2H2,1H3,(H,17,18). The molecule has 0 aliphatic heterocycles. The van der Waals surface area contributed by atoms with Crippen molar-refractivity contribution in [1.82, 2.24) is 14.6 Å². The Bertz CT molecular complexity index is 760. The number of nitrogens with zero attached hydrogens (tertiary/aromatic N) is 3. The zero-order valence-corrected chi connectivity index (χ0v) is 11.0. The van der Waals surface area contributed by atoms with E-state index in [2.05, 4.69) is 23.2 Å². The molecule has 3 aromatic rings. The molecule has 0 saturated heterocycles. The van der Waals surface area contributed by atoms with Crippen LogP contribution >= 0.6 is 11.3 Å². The second-order valence-corrected chi connectivity index (χ2v) is 5.02. The summed E-state index contributed by atoms with van der Waals surface area (Å²) in [5.41, 5.74) is 2.07. The summed E-state index contributed by atoms with van der Waals surface area (Å²) in [6.45, 7) is 2.08. The van der Waals surface area contributed by atoms with Crippen LogP contribution in [0.15, 0.2) is 29.8 Å². The van der Waals surface area contributed by atoms with Gasteiger partial charge in [0.15, 0.2) is 11.5 Å². The molecule has 0 amide bonds. The van der Waals surface area contributed by atoms with Crippen molar-refractivity contribution < 1.29 is 9.90 Å². The van der Waals surface area contributed by atoms with E-state index >= 15 is 0 Å². The van der Waals surface area contributed by atoms with Crippen LogP contribution in [-0.2, 0) is 6.42 Å². The first-order valence-electron chi connectivity index (χ1n) is 5.85. The van der Waals surface area contributed by atoms with Gasteiger partial charge in [-0.25, -0.2) is 4.79 Å². The van der Waals surface area contributed by atoms with Crippen LogP contribution in [0.3, 0.4) is 0 Å². The van der Waals surface area contributed by atoms with Crippen molar-refractivity contribution in [3.63, 3.8) is 0 Å². The van der Waals surface area contributed by atoms with E-state index in [0.29, 0.717) is 11.5 Å². The van der Waals surface area contributed by atoms with E-state index < -0.39 is 5.97 Å². The maximum absolute atomic E-state index is 11.0. The molecule has 0 bridgehead atoms. The third-order valence-electron chi connectivity index (χ3n) is 2.98. The molecule has 0 fully saturated rings. The third kappa shape index (κ3) is 1.90. The lowest BCUT2D eigenvalue weighted by Crippen LogP contribution is -1.99. The summed E-state index contributed by atoms with van der Waals surface area (Å²) in [7, 11) is 0. The van der Waals surface area contributed by atoms with E-state index in [9.17, 15) is 4.79 Å². The van der Waals surface area contributed by atoms with Crippen molar-refractivity contribution in [3.05, 3.63) is 40.9 Å². The second kappa shape index (κ2) is 4.47. The minimum absolute atomic E-state index is 0.225. The Morgan fingerprint density at radius 3 is 2.95 bits per heavy atom. The van der Waals surface area contributed by atoms with Crippen LogP contribution in [-0.4, -0.2) is 25.7 Å². The van der Waals surface area contributed by atoms with Crippen LogP contribution in [0.25, 0.3) is 16.3 Å². The van der Waals surface area contributed by atoms with Gasteiger partial charge in [0.2, 0.25) is 0 Å². The summed E-state index contributed by atoms with van der Waals surface area (Å²) < 4.78 is 1.73. The van der Waals surface area contributed by atoms with Crippen LogP contribution in [0.1, 0.15) is 22.8 Å². The quantitative estimate of drug-likeness (QED) is 0.796. The van der Waals surface area contributed by atoms with E-state index in [0.717, 1.165) is 11.3 Å². The van der Waals surface area contributed by atoms with E-state index in [1.807, 2.05) is 5.38 Å². The first kappa shape index (κ1) is 11.9. The molecule has 19 heavy (non-hydrogen) atoms. The van der Waals surface area contributed by atoms with Crippen LogP contribution < -0.4 is 0 Å². The first-order chi connectivity index (χ1) is 9.20. The monoisotopic (exact) mass is 273 g/mol. The summed E-state index contributed by atoms with van der Waals surface area (Å²) >= 11 is 1.59. The number of carbonyl (C=O) groups is 1. The van der Waals surface area contributed by atoms with Gasteiger partial charge in [-0.15, -0.1) is 21.5 Å². The van der Waals surface area contributed by atoms with Crippen LogP contribution in [0.2, 0.25) is 0 Å². The molecule has 0 aliphatic carbocycles. The fourth-order valence-corrected chi connectivity index (χ4v) is 2.96. The molecule has 1 N–H and O–H groups in total. The molecule has 0 unspecified atom stereocenters. The van der Waals surface area contributed by atoms with Gasteiger partial charge < -0.3 is 5.11 Å². The molecule has 0 aromatic carbocycles. The lowest BCUT2D eigenvalue weighted by Gasteiger charge is -2.01. The highest BCUT2D eigenvalue weighted by molar-refractivity contribution is 7.13. The summed E-state index contributed by atoms with van der Waals surface area (Å²) in [6, 6.07) is 5.26. The number of carboxylic acid groups (broad SMARTS) is 1. The third-order valence-corrected chi connectivity index (χ3v) is 3.93. The minimum Gasteiger partial charge on any atom is -0.478 e. The van der Waals surface area contributed by atoms with Crippen LogP contribution in [0.5, 0.6) is 0 Å². The van der Waals surface area contributed by atoms with Crippen LogP contribution in [0.4, 0.5) is 0 Å². The number of rotatable bonds is 3. The molecule has 0 atom stereocenters. The maximum Gasteiger partial charge on any atom is 0.337 e. The van der Waals surface area contributed by atoms with Gasteiger partial charge in [0.25, 0.3) is 0 Å². The predicted octanol–water partition coefficient (Wildman–Crippen LogP) is 2.72. The summed E-state index contributed by atoms with van der Waals surface area (Å²) in [6.07, 6.45) is 2.47. The van der Waals surface area contributed by atoms with Gasteiger partial charge in [-0.05, 0) is 35.6 Å². The zero-order valence-electron chi connectivity index (χ0n) is 10.2.